The van der Waals surface area contributed by atoms with Crippen molar-refractivity contribution in [3.05, 3.63) is 41.1 Å². The summed E-state index contributed by atoms with van der Waals surface area (Å²) in [5, 5.41) is 14.1. The fourth-order valence-electron chi connectivity index (χ4n) is 3.56. The van der Waals surface area contributed by atoms with E-state index in [-0.39, 0.29) is 35.5 Å². The fraction of sp³-hybridized carbons (Fsp3) is 0.250. The number of rotatable bonds is 0. The van der Waals surface area contributed by atoms with E-state index in [9.17, 15) is 14.7 Å². The van der Waals surface area contributed by atoms with Gasteiger partial charge in [-0.05, 0) is 17.5 Å². The lowest BCUT2D eigenvalue weighted by molar-refractivity contribution is -0.130. The lowest BCUT2D eigenvalue weighted by Gasteiger charge is -2.33. The summed E-state index contributed by atoms with van der Waals surface area (Å²) < 4.78 is 0. The lowest BCUT2D eigenvalue weighted by Crippen LogP contribution is -2.47. The van der Waals surface area contributed by atoms with E-state index >= 15 is 0 Å². The molecule has 0 radical (unpaired) electrons. The van der Waals surface area contributed by atoms with Crippen LogP contribution < -0.4 is 5.32 Å². The lowest BCUT2D eigenvalue weighted by atomic mass is 9.73. The van der Waals surface area contributed by atoms with Crippen LogP contribution in [0.2, 0.25) is 0 Å². The molecule has 1 aliphatic heterocycles. The Bertz CT molecular complexity index is 831. The molecule has 2 unspecified atom stereocenters. The highest BCUT2D eigenvalue weighted by Gasteiger charge is 2.44. The van der Waals surface area contributed by atoms with Crippen LogP contribution >= 0.6 is 0 Å². The number of nitrogens with one attached hydrogen (secondary N) is 2. The van der Waals surface area contributed by atoms with Gasteiger partial charge in [0, 0.05) is 10.9 Å². The number of benzene rings is 1. The molecule has 1 aromatic heterocycles. The van der Waals surface area contributed by atoms with Gasteiger partial charge in [0.1, 0.15) is 5.76 Å². The van der Waals surface area contributed by atoms with Crippen LogP contribution in [0.25, 0.3) is 16.7 Å². The van der Waals surface area contributed by atoms with Gasteiger partial charge in [0.15, 0.2) is 5.78 Å². The summed E-state index contributed by atoms with van der Waals surface area (Å²) >= 11 is 0. The smallest absolute Gasteiger partial charge is 0.228 e. The first-order valence-electron chi connectivity index (χ1n) is 6.94. The zero-order valence-electron chi connectivity index (χ0n) is 11.4. The molecule has 2 heterocycles. The van der Waals surface area contributed by atoms with Gasteiger partial charge in [0.25, 0.3) is 0 Å². The summed E-state index contributed by atoms with van der Waals surface area (Å²) in [6.07, 6.45) is 0. The Morgan fingerprint density at radius 2 is 2.00 bits per heavy atom. The highest BCUT2D eigenvalue weighted by molar-refractivity contribution is 6.13. The molecule has 2 aromatic rings. The van der Waals surface area contributed by atoms with E-state index in [0.717, 1.165) is 16.5 Å². The summed E-state index contributed by atoms with van der Waals surface area (Å²) in [5.74, 6) is -1.26. The van der Waals surface area contributed by atoms with E-state index in [1.165, 1.54) is 0 Å². The Balaban J connectivity index is 2.07. The minimum Gasteiger partial charge on any atom is -0.505 e. The average molecular weight is 282 g/mol. The van der Waals surface area contributed by atoms with Crippen molar-refractivity contribution in [3.8, 4) is 0 Å². The monoisotopic (exact) mass is 282 g/mol. The molecular weight excluding hydrogens is 268 g/mol. The van der Waals surface area contributed by atoms with Crippen LogP contribution in [0.4, 0.5) is 0 Å². The Morgan fingerprint density at radius 3 is 2.81 bits per heavy atom. The van der Waals surface area contributed by atoms with Crippen molar-refractivity contribution < 1.29 is 14.7 Å². The normalized spacial score (nSPS) is 24.8. The standard InChI is InChI=1S/C16H14N2O3/c1-7-11-8-4-2-3-5-9(8)18-14(11)15(20)13-10(19)6-17-16(21)12(7)13/h2-5,7,12,18,20H,6H2,1H3,(H,17,21). The summed E-state index contributed by atoms with van der Waals surface area (Å²) in [6.45, 7) is 1.88. The maximum atomic E-state index is 12.2. The zero-order chi connectivity index (χ0) is 14.7. The number of amides is 1. The maximum Gasteiger partial charge on any atom is 0.228 e. The number of aromatic nitrogens is 1. The molecule has 106 valence electrons. The second-order valence-corrected chi connectivity index (χ2v) is 5.63. The number of Topliss-reactive ketones (excluding diaryl/α,β-unsaturated/α-hetero) is 1. The minimum absolute atomic E-state index is 0.0446. The quantitative estimate of drug-likeness (QED) is 0.690. The molecule has 21 heavy (non-hydrogen) atoms. The van der Waals surface area contributed by atoms with Crippen molar-refractivity contribution in [1.82, 2.24) is 10.3 Å². The molecule has 1 fully saturated rings. The van der Waals surface area contributed by atoms with E-state index in [4.69, 9.17) is 0 Å². The van der Waals surface area contributed by atoms with Crippen LogP contribution in [0, 0.1) is 5.92 Å². The second-order valence-electron chi connectivity index (χ2n) is 5.63. The third-order valence-corrected chi connectivity index (χ3v) is 4.51. The van der Waals surface area contributed by atoms with Crippen LogP contribution in [0.3, 0.4) is 0 Å². The topological polar surface area (TPSA) is 82.2 Å². The van der Waals surface area contributed by atoms with Crippen molar-refractivity contribution in [2.24, 2.45) is 5.92 Å². The molecule has 2 aliphatic rings. The van der Waals surface area contributed by atoms with E-state index in [1.54, 1.807) is 0 Å². The molecule has 0 spiro atoms. The van der Waals surface area contributed by atoms with Crippen LogP contribution in [-0.4, -0.2) is 28.3 Å². The van der Waals surface area contributed by atoms with Gasteiger partial charge >= 0.3 is 0 Å². The second kappa shape index (κ2) is 3.97. The predicted octanol–water partition coefficient (Wildman–Crippen LogP) is 1.87. The average Bonchev–Trinajstić information content (AvgIpc) is 2.87. The van der Waals surface area contributed by atoms with Crippen LogP contribution in [-0.2, 0) is 9.59 Å². The fourth-order valence-corrected chi connectivity index (χ4v) is 3.56. The van der Waals surface area contributed by atoms with Crippen molar-refractivity contribution in [2.45, 2.75) is 12.8 Å². The first-order chi connectivity index (χ1) is 10.1. The van der Waals surface area contributed by atoms with Crippen molar-refractivity contribution in [1.29, 1.82) is 0 Å². The number of fused-ring (bicyclic) bond motifs is 4. The van der Waals surface area contributed by atoms with Gasteiger partial charge in [-0.2, -0.15) is 0 Å². The molecule has 5 nitrogen and oxygen atoms in total. The Kier molecular flexibility index (Phi) is 2.31. The van der Waals surface area contributed by atoms with Crippen LogP contribution in [0.15, 0.2) is 29.8 Å². The molecule has 1 aromatic carbocycles. The molecule has 1 aliphatic carbocycles. The van der Waals surface area contributed by atoms with Crippen molar-refractivity contribution in [2.75, 3.05) is 6.54 Å². The number of H-pyrrole nitrogens is 1. The number of aliphatic hydroxyl groups is 1. The summed E-state index contributed by atoms with van der Waals surface area (Å²) in [4.78, 5) is 27.5. The molecule has 1 saturated heterocycles. The predicted molar refractivity (Wildman–Crippen MR) is 77.8 cm³/mol. The van der Waals surface area contributed by atoms with Gasteiger partial charge in [-0.1, -0.05) is 25.1 Å². The Hall–Kier alpha value is -2.56. The van der Waals surface area contributed by atoms with Gasteiger partial charge in [-0.15, -0.1) is 0 Å². The highest BCUT2D eigenvalue weighted by atomic mass is 16.3. The summed E-state index contributed by atoms with van der Waals surface area (Å²) in [6, 6.07) is 7.71. The SMILES string of the molecule is CC1c2c([nH]c3ccccc23)C(O)=C2C(=O)CNC(=O)C21. The van der Waals surface area contributed by atoms with Crippen molar-refractivity contribution in [3.63, 3.8) is 0 Å². The summed E-state index contributed by atoms with van der Waals surface area (Å²) in [5.41, 5.74) is 2.61. The Labute approximate surface area is 120 Å². The van der Waals surface area contributed by atoms with Gasteiger partial charge < -0.3 is 15.4 Å². The Morgan fingerprint density at radius 1 is 1.24 bits per heavy atom. The number of piperidine rings is 1. The number of carbonyl (C=O) groups excluding carboxylic acids is 2. The van der Waals surface area contributed by atoms with Gasteiger partial charge in [0.05, 0.1) is 23.7 Å². The molecular formula is C16H14N2O3. The number of carbonyl (C=O) groups is 2. The molecule has 4 rings (SSSR count). The van der Waals surface area contributed by atoms with Gasteiger partial charge in [0.2, 0.25) is 5.91 Å². The molecule has 0 bridgehead atoms. The number of hydrogen-bond acceptors (Lipinski definition) is 3. The van der Waals surface area contributed by atoms with E-state index in [2.05, 4.69) is 10.3 Å². The van der Waals surface area contributed by atoms with E-state index < -0.39 is 5.92 Å². The molecule has 3 N–H and O–H groups in total. The third kappa shape index (κ3) is 1.46. The highest BCUT2D eigenvalue weighted by Crippen LogP contribution is 2.45. The molecule has 1 amide bonds. The van der Waals surface area contributed by atoms with E-state index in [0.29, 0.717) is 5.69 Å². The van der Waals surface area contributed by atoms with Gasteiger partial charge in [-0.3, -0.25) is 9.59 Å². The number of aromatic amines is 1. The maximum absolute atomic E-state index is 12.2. The van der Waals surface area contributed by atoms with E-state index in [1.807, 2.05) is 31.2 Å². The zero-order valence-corrected chi connectivity index (χ0v) is 11.4. The molecule has 2 atom stereocenters. The summed E-state index contributed by atoms with van der Waals surface area (Å²) in [7, 11) is 0. The first-order valence-corrected chi connectivity index (χ1v) is 6.94. The van der Waals surface area contributed by atoms with Crippen molar-refractivity contribution >= 4 is 28.4 Å². The molecule has 0 saturated carbocycles. The van der Waals surface area contributed by atoms with Gasteiger partial charge in [-0.25, -0.2) is 0 Å². The number of aliphatic hydroxyl groups excluding tert-OH is 1. The largest absolute Gasteiger partial charge is 0.505 e. The number of para-hydroxylation sites is 1. The number of ketones is 1. The number of hydrogen-bond donors (Lipinski definition) is 3. The third-order valence-electron chi connectivity index (χ3n) is 4.51. The van der Waals surface area contributed by atoms with Crippen LogP contribution in [0.5, 0.6) is 0 Å². The first kappa shape index (κ1) is 12.2. The molecule has 5 heteroatoms. The minimum atomic E-state index is -0.613. The van der Waals surface area contributed by atoms with Crippen LogP contribution in [0.1, 0.15) is 24.1 Å².